The zero-order valence-corrected chi connectivity index (χ0v) is 17.2. The van der Waals surface area contributed by atoms with E-state index >= 15 is 0 Å². The van der Waals surface area contributed by atoms with Crippen LogP contribution in [-0.2, 0) is 6.42 Å². The number of hydrogen-bond acceptors (Lipinski definition) is 2. The first kappa shape index (κ1) is 18.9. The molecule has 2 aromatic rings. The van der Waals surface area contributed by atoms with E-state index in [1.807, 2.05) is 18.2 Å². The SMILES string of the molecule is C=C1CC(CCC)(CCC)Cc2ccc(C3=NC(c4ccccc4)=NC3)cc21. The highest BCUT2D eigenvalue weighted by molar-refractivity contribution is 6.17. The molecule has 1 aliphatic heterocycles. The van der Waals surface area contributed by atoms with Crippen molar-refractivity contribution >= 4 is 17.1 Å². The summed E-state index contributed by atoms with van der Waals surface area (Å²) in [5.74, 6) is 0.844. The quantitative estimate of drug-likeness (QED) is 0.556. The molecule has 0 unspecified atom stereocenters. The van der Waals surface area contributed by atoms with Crippen LogP contribution >= 0.6 is 0 Å². The lowest BCUT2D eigenvalue weighted by Gasteiger charge is -2.39. The van der Waals surface area contributed by atoms with Crippen LogP contribution in [0.2, 0.25) is 0 Å². The maximum absolute atomic E-state index is 4.83. The zero-order chi connectivity index (χ0) is 19.6. The van der Waals surface area contributed by atoms with Gasteiger partial charge in [-0.05, 0) is 59.4 Å². The molecule has 0 bridgehead atoms. The lowest BCUT2D eigenvalue weighted by molar-refractivity contribution is 0.233. The van der Waals surface area contributed by atoms with E-state index in [-0.39, 0.29) is 0 Å². The van der Waals surface area contributed by atoms with Crippen molar-refractivity contribution in [3.63, 3.8) is 0 Å². The van der Waals surface area contributed by atoms with Gasteiger partial charge in [-0.15, -0.1) is 0 Å². The fourth-order valence-corrected chi connectivity index (χ4v) is 5.04. The molecule has 1 aliphatic carbocycles. The van der Waals surface area contributed by atoms with Crippen molar-refractivity contribution in [2.75, 3.05) is 6.54 Å². The Kier molecular flexibility index (Phi) is 5.30. The normalized spacial score (nSPS) is 17.9. The minimum atomic E-state index is 0.406. The van der Waals surface area contributed by atoms with E-state index < -0.39 is 0 Å². The van der Waals surface area contributed by atoms with Gasteiger partial charge in [0.15, 0.2) is 5.84 Å². The van der Waals surface area contributed by atoms with Crippen molar-refractivity contribution in [1.29, 1.82) is 0 Å². The first-order valence-corrected chi connectivity index (χ1v) is 10.6. The Morgan fingerprint density at radius 3 is 2.39 bits per heavy atom. The van der Waals surface area contributed by atoms with Gasteiger partial charge in [0.2, 0.25) is 0 Å². The van der Waals surface area contributed by atoms with Crippen molar-refractivity contribution in [2.24, 2.45) is 15.4 Å². The Hall–Kier alpha value is -2.48. The molecule has 0 fully saturated rings. The summed E-state index contributed by atoms with van der Waals surface area (Å²) in [7, 11) is 0. The standard InChI is InChI=1S/C26H30N2/c1-4-13-26(14-5-2)16-19(3)23-15-21(11-12-22(23)17-26)24-18-27-25(28-24)20-9-7-6-8-10-20/h6-12,15H,3-5,13-14,16-18H2,1-2H3. The molecule has 0 spiro atoms. The molecule has 4 rings (SSSR count). The number of aliphatic imine (C=N–C) groups is 2. The van der Waals surface area contributed by atoms with Gasteiger partial charge in [0.05, 0.1) is 12.3 Å². The molecular weight excluding hydrogens is 340 g/mol. The minimum Gasteiger partial charge on any atom is -0.260 e. The summed E-state index contributed by atoms with van der Waals surface area (Å²) in [4.78, 5) is 9.48. The summed E-state index contributed by atoms with van der Waals surface area (Å²) in [6, 6.07) is 17.1. The van der Waals surface area contributed by atoms with Gasteiger partial charge in [0.25, 0.3) is 0 Å². The van der Waals surface area contributed by atoms with Crippen LogP contribution in [0.3, 0.4) is 0 Å². The van der Waals surface area contributed by atoms with Crippen LogP contribution in [0, 0.1) is 5.41 Å². The van der Waals surface area contributed by atoms with E-state index in [0.717, 1.165) is 23.5 Å². The van der Waals surface area contributed by atoms with Crippen molar-refractivity contribution in [3.8, 4) is 0 Å². The molecule has 0 atom stereocenters. The van der Waals surface area contributed by atoms with Gasteiger partial charge in [-0.2, -0.15) is 0 Å². The molecule has 2 aliphatic rings. The molecule has 0 aromatic heterocycles. The van der Waals surface area contributed by atoms with Crippen LogP contribution in [0.1, 0.15) is 68.2 Å². The molecule has 2 heteroatoms. The van der Waals surface area contributed by atoms with E-state index in [9.17, 15) is 0 Å². The Morgan fingerprint density at radius 1 is 0.929 bits per heavy atom. The number of fused-ring (bicyclic) bond motifs is 1. The summed E-state index contributed by atoms with van der Waals surface area (Å²) in [5, 5.41) is 0. The number of hydrogen-bond donors (Lipinski definition) is 0. The van der Waals surface area contributed by atoms with Crippen LogP contribution in [0.5, 0.6) is 0 Å². The second-order valence-electron chi connectivity index (χ2n) is 8.39. The van der Waals surface area contributed by atoms with Crippen LogP contribution in [0.4, 0.5) is 0 Å². The number of benzene rings is 2. The second-order valence-corrected chi connectivity index (χ2v) is 8.39. The van der Waals surface area contributed by atoms with Gasteiger partial charge >= 0.3 is 0 Å². The number of amidine groups is 1. The molecule has 1 heterocycles. The monoisotopic (exact) mass is 370 g/mol. The molecule has 2 aromatic carbocycles. The summed E-state index contributed by atoms with van der Waals surface area (Å²) in [5.41, 5.74) is 7.85. The molecule has 144 valence electrons. The first-order chi connectivity index (χ1) is 13.6. The topological polar surface area (TPSA) is 24.7 Å². The Balaban J connectivity index is 1.61. The van der Waals surface area contributed by atoms with Gasteiger partial charge in [-0.3, -0.25) is 4.99 Å². The third kappa shape index (κ3) is 3.61. The van der Waals surface area contributed by atoms with Crippen molar-refractivity contribution in [2.45, 2.75) is 52.4 Å². The van der Waals surface area contributed by atoms with Gasteiger partial charge in [0.1, 0.15) is 0 Å². The van der Waals surface area contributed by atoms with Gasteiger partial charge in [-0.25, -0.2) is 4.99 Å². The maximum Gasteiger partial charge on any atom is 0.155 e. The van der Waals surface area contributed by atoms with Crippen molar-refractivity contribution in [1.82, 2.24) is 0 Å². The van der Waals surface area contributed by atoms with Crippen LogP contribution in [0.15, 0.2) is 65.1 Å². The van der Waals surface area contributed by atoms with E-state index in [1.54, 1.807) is 0 Å². The molecular formula is C26H30N2. The van der Waals surface area contributed by atoms with Crippen molar-refractivity contribution in [3.05, 3.63) is 77.4 Å². The van der Waals surface area contributed by atoms with Crippen molar-refractivity contribution < 1.29 is 0 Å². The largest absolute Gasteiger partial charge is 0.260 e. The smallest absolute Gasteiger partial charge is 0.155 e. The number of rotatable bonds is 6. The minimum absolute atomic E-state index is 0.406. The molecule has 0 saturated heterocycles. The van der Waals surface area contributed by atoms with E-state index in [0.29, 0.717) is 12.0 Å². The molecule has 0 radical (unpaired) electrons. The highest BCUT2D eigenvalue weighted by Gasteiger charge is 2.34. The van der Waals surface area contributed by atoms with Gasteiger partial charge < -0.3 is 0 Å². The van der Waals surface area contributed by atoms with Crippen LogP contribution < -0.4 is 0 Å². The Labute approximate surface area is 169 Å². The highest BCUT2D eigenvalue weighted by Crippen LogP contribution is 2.47. The van der Waals surface area contributed by atoms with Gasteiger partial charge in [-0.1, -0.05) is 75.7 Å². The average molecular weight is 371 g/mol. The van der Waals surface area contributed by atoms with E-state index in [4.69, 9.17) is 4.99 Å². The predicted octanol–water partition coefficient (Wildman–Crippen LogP) is 6.48. The van der Waals surface area contributed by atoms with E-state index in [2.05, 4.69) is 55.8 Å². The first-order valence-electron chi connectivity index (χ1n) is 10.6. The molecule has 0 saturated carbocycles. The third-order valence-corrected chi connectivity index (χ3v) is 6.19. The zero-order valence-electron chi connectivity index (χ0n) is 17.2. The molecule has 28 heavy (non-hydrogen) atoms. The number of allylic oxidation sites excluding steroid dienone is 1. The summed E-state index contributed by atoms with van der Waals surface area (Å²) < 4.78 is 0. The lowest BCUT2D eigenvalue weighted by atomic mass is 9.65. The second kappa shape index (κ2) is 7.87. The summed E-state index contributed by atoms with van der Waals surface area (Å²) in [6.45, 7) is 9.75. The van der Waals surface area contributed by atoms with E-state index in [1.165, 1.54) is 54.4 Å². The number of nitrogens with zero attached hydrogens (tertiary/aromatic N) is 2. The predicted molar refractivity (Wildman–Crippen MR) is 120 cm³/mol. The average Bonchev–Trinajstić information content (AvgIpc) is 3.19. The summed E-state index contributed by atoms with van der Waals surface area (Å²) in [6.07, 6.45) is 7.39. The Morgan fingerprint density at radius 2 is 1.68 bits per heavy atom. The highest BCUT2D eigenvalue weighted by atomic mass is 15.0. The lowest BCUT2D eigenvalue weighted by Crippen LogP contribution is -2.28. The maximum atomic E-state index is 4.83. The summed E-state index contributed by atoms with van der Waals surface area (Å²) >= 11 is 0. The van der Waals surface area contributed by atoms with Crippen LogP contribution in [-0.4, -0.2) is 18.1 Å². The molecule has 0 N–H and O–H groups in total. The fourth-order valence-electron chi connectivity index (χ4n) is 5.04. The van der Waals surface area contributed by atoms with Gasteiger partial charge in [0, 0.05) is 5.56 Å². The van der Waals surface area contributed by atoms with Crippen LogP contribution in [0.25, 0.3) is 5.57 Å². The molecule has 0 amide bonds. The molecule has 2 nitrogen and oxygen atoms in total. The fraction of sp³-hybridized carbons (Fsp3) is 0.385. The third-order valence-electron chi connectivity index (χ3n) is 6.19. The Bertz CT molecular complexity index is 928.